The van der Waals surface area contributed by atoms with E-state index in [1.54, 1.807) is 13.2 Å². The molecule has 0 aliphatic rings. The highest BCUT2D eigenvalue weighted by atomic mass is 79.9. The van der Waals surface area contributed by atoms with Crippen LogP contribution in [0.4, 0.5) is 8.78 Å². The number of hydrogen-bond acceptors (Lipinski definition) is 3. The van der Waals surface area contributed by atoms with Crippen molar-refractivity contribution in [2.75, 3.05) is 20.3 Å². The van der Waals surface area contributed by atoms with Gasteiger partial charge in [0.15, 0.2) is 11.5 Å². The van der Waals surface area contributed by atoms with Gasteiger partial charge in [-0.15, -0.1) is 0 Å². The fourth-order valence-electron chi connectivity index (χ4n) is 1.49. The van der Waals surface area contributed by atoms with Crippen molar-refractivity contribution >= 4 is 15.9 Å². The number of hydrogen-bond donors (Lipinski definition) is 1. The third kappa shape index (κ3) is 4.42. The molecule has 0 aliphatic carbocycles. The van der Waals surface area contributed by atoms with Gasteiger partial charge in [0.25, 0.3) is 6.43 Å². The lowest BCUT2D eigenvalue weighted by molar-refractivity contribution is 0.145. The first-order valence-electron chi connectivity index (χ1n) is 5.56. The average molecular weight is 324 g/mol. The van der Waals surface area contributed by atoms with E-state index < -0.39 is 6.43 Å². The van der Waals surface area contributed by atoms with Gasteiger partial charge in [0, 0.05) is 6.54 Å². The van der Waals surface area contributed by atoms with E-state index >= 15 is 0 Å². The highest BCUT2D eigenvalue weighted by Crippen LogP contribution is 2.36. The number of methoxy groups -OCH3 is 1. The van der Waals surface area contributed by atoms with Crippen molar-refractivity contribution in [3.8, 4) is 11.5 Å². The maximum atomic E-state index is 12.0. The second kappa shape index (κ2) is 7.53. The highest BCUT2D eigenvalue weighted by molar-refractivity contribution is 9.10. The first-order chi connectivity index (χ1) is 8.58. The smallest absolute Gasteiger partial charge is 0.250 e. The topological polar surface area (TPSA) is 30.5 Å². The van der Waals surface area contributed by atoms with E-state index in [2.05, 4.69) is 21.2 Å². The van der Waals surface area contributed by atoms with Gasteiger partial charge in [-0.2, -0.15) is 0 Å². The minimum Gasteiger partial charge on any atom is -0.493 e. The van der Waals surface area contributed by atoms with Gasteiger partial charge in [0.05, 0.1) is 24.7 Å². The van der Waals surface area contributed by atoms with E-state index in [4.69, 9.17) is 9.47 Å². The molecule has 6 heteroatoms. The van der Waals surface area contributed by atoms with Gasteiger partial charge >= 0.3 is 0 Å². The molecular weight excluding hydrogens is 308 g/mol. The van der Waals surface area contributed by atoms with E-state index in [9.17, 15) is 8.78 Å². The first-order valence-corrected chi connectivity index (χ1v) is 6.35. The number of rotatable bonds is 7. The fourth-order valence-corrected chi connectivity index (χ4v) is 2.09. The zero-order chi connectivity index (χ0) is 13.5. The normalized spacial score (nSPS) is 10.8. The van der Waals surface area contributed by atoms with Gasteiger partial charge < -0.3 is 14.8 Å². The van der Waals surface area contributed by atoms with Crippen molar-refractivity contribution in [3.63, 3.8) is 0 Å². The summed E-state index contributed by atoms with van der Waals surface area (Å²) in [4.78, 5) is 0. The van der Waals surface area contributed by atoms with Crippen LogP contribution in [0.5, 0.6) is 11.5 Å². The molecule has 0 aliphatic heterocycles. The molecule has 0 fully saturated rings. The molecule has 0 heterocycles. The standard InChI is InChI=1S/C12H16BrF2NO2/c1-3-18-12-9(13)4-8(5-10(12)17-2)6-16-7-11(14)15/h4-5,11,16H,3,6-7H2,1-2H3. The Morgan fingerprint density at radius 2 is 2.11 bits per heavy atom. The Labute approximate surface area is 114 Å². The number of benzene rings is 1. The summed E-state index contributed by atoms with van der Waals surface area (Å²) in [5.74, 6) is 1.21. The highest BCUT2D eigenvalue weighted by Gasteiger charge is 2.11. The summed E-state index contributed by atoms with van der Waals surface area (Å²) in [6.07, 6.45) is -2.35. The van der Waals surface area contributed by atoms with E-state index in [1.165, 1.54) is 0 Å². The Bertz CT molecular complexity index is 389. The molecule has 1 N–H and O–H groups in total. The largest absolute Gasteiger partial charge is 0.493 e. The molecule has 0 aromatic heterocycles. The van der Waals surface area contributed by atoms with Crippen LogP contribution in [-0.2, 0) is 6.54 Å². The first kappa shape index (κ1) is 15.2. The van der Waals surface area contributed by atoms with Crippen molar-refractivity contribution in [1.29, 1.82) is 0 Å². The minimum absolute atomic E-state index is 0.326. The third-order valence-electron chi connectivity index (χ3n) is 2.21. The zero-order valence-electron chi connectivity index (χ0n) is 10.3. The molecule has 1 rings (SSSR count). The Balaban J connectivity index is 2.79. The Hall–Kier alpha value is -0.880. The molecule has 0 unspecified atom stereocenters. The Kier molecular flexibility index (Phi) is 6.35. The van der Waals surface area contributed by atoms with Crippen molar-refractivity contribution in [2.45, 2.75) is 19.9 Å². The van der Waals surface area contributed by atoms with Gasteiger partial charge in [-0.05, 0) is 40.5 Å². The molecule has 18 heavy (non-hydrogen) atoms. The average Bonchev–Trinajstić information content (AvgIpc) is 2.31. The second-order valence-electron chi connectivity index (χ2n) is 3.56. The molecule has 0 saturated carbocycles. The van der Waals surface area contributed by atoms with Crippen LogP contribution in [0.2, 0.25) is 0 Å². The maximum Gasteiger partial charge on any atom is 0.250 e. The van der Waals surface area contributed by atoms with Crippen molar-refractivity contribution in [1.82, 2.24) is 5.32 Å². The van der Waals surface area contributed by atoms with Crippen LogP contribution in [0.1, 0.15) is 12.5 Å². The molecule has 0 spiro atoms. The molecule has 0 saturated heterocycles. The molecular formula is C12H16BrF2NO2. The SMILES string of the molecule is CCOc1c(Br)cc(CNCC(F)F)cc1OC. The van der Waals surface area contributed by atoms with Gasteiger partial charge in [0.1, 0.15) is 0 Å². The molecule has 0 radical (unpaired) electrons. The van der Waals surface area contributed by atoms with Gasteiger partial charge in [0.2, 0.25) is 0 Å². The fraction of sp³-hybridized carbons (Fsp3) is 0.500. The minimum atomic E-state index is -2.35. The summed E-state index contributed by atoms with van der Waals surface area (Å²) >= 11 is 3.38. The summed E-state index contributed by atoms with van der Waals surface area (Å²) in [7, 11) is 1.54. The van der Waals surface area contributed by atoms with Crippen LogP contribution in [0.25, 0.3) is 0 Å². The molecule has 3 nitrogen and oxygen atoms in total. The number of ether oxygens (including phenoxy) is 2. The van der Waals surface area contributed by atoms with Crippen molar-refractivity contribution in [3.05, 3.63) is 22.2 Å². The number of nitrogens with one attached hydrogen (secondary N) is 1. The van der Waals surface area contributed by atoms with Gasteiger partial charge in [-0.1, -0.05) is 0 Å². The van der Waals surface area contributed by atoms with Crippen LogP contribution in [0.15, 0.2) is 16.6 Å². The van der Waals surface area contributed by atoms with Crippen LogP contribution in [-0.4, -0.2) is 26.7 Å². The second-order valence-corrected chi connectivity index (χ2v) is 4.42. The molecule has 0 atom stereocenters. The molecule has 1 aromatic rings. The van der Waals surface area contributed by atoms with Crippen LogP contribution < -0.4 is 14.8 Å². The van der Waals surface area contributed by atoms with Gasteiger partial charge in [-0.25, -0.2) is 8.78 Å². The van der Waals surface area contributed by atoms with Crippen LogP contribution >= 0.6 is 15.9 Å². The van der Waals surface area contributed by atoms with E-state index in [0.29, 0.717) is 24.7 Å². The lowest BCUT2D eigenvalue weighted by Crippen LogP contribution is -2.20. The lowest BCUT2D eigenvalue weighted by Gasteiger charge is -2.13. The van der Waals surface area contributed by atoms with Gasteiger partial charge in [-0.3, -0.25) is 0 Å². The van der Waals surface area contributed by atoms with E-state index in [1.807, 2.05) is 13.0 Å². The van der Waals surface area contributed by atoms with Crippen LogP contribution in [0, 0.1) is 0 Å². The van der Waals surface area contributed by atoms with Crippen LogP contribution in [0.3, 0.4) is 0 Å². The maximum absolute atomic E-state index is 12.0. The monoisotopic (exact) mass is 323 g/mol. The predicted octanol–water partition coefficient (Wildman–Crippen LogP) is 3.21. The van der Waals surface area contributed by atoms with E-state index in [-0.39, 0.29) is 6.54 Å². The van der Waals surface area contributed by atoms with Crippen molar-refractivity contribution < 1.29 is 18.3 Å². The molecule has 102 valence electrons. The third-order valence-corrected chi connectivity index (χ3v) is 2.79. The van der Waals surface area contributed by atoms with Crippen molar-refractivity contribution in [2.24, 2.45) is 0 Å². The lowest BCUT2D eigenvalue weighted by atomic mass is 10.2. The summed E-state index contributed by atoms with van der Waals surface area (Å²) in [6.45, 7) is 2.43. The summed E-state index contributed by atoms with van der Waals surface area (Å²) < 4.78 is 35.4. The quantitative estimate of drug-likeness (QED) is 0.835. The predicted molar refractivity (Wildman–Crippen MR) is 69.6 cm³/mol. The number of alkyl halides is 2. The molecule has 0 bridgehead atoms. The van der Waals surface area contributed by atoms with E-state index in [0.717, 1.165) is 10.0 Å². The number of halogens is 3. The summed E-state index contributed by atoms with van der Waals surface area (Å²) in [5.41, 5.74) is 0.850. The summed E-state index contributed by atoms with van der Waals surface area (Å²) in [5, 5.41) is 2.66. The Morgan fingerprint density at radius 3 is 2.67 bits per heavy atom. The zero-order valence-corrected chi connectivity index (χ0v) is 11.9. The molecule has 0 amide bonds. The summed E-state index contributed by atoms with van der Waals surface area (Å²) in [6, 6.07) is 3.60. The Morgan fingerprint density at radius 1 is 1.39 bits per heavy atom. The molecule has 1 aromatic carbocycles.